The predicted octanol–water partition coefficient (Wildman–Crippen LogP) is 5.55. The molecule has 1 unspecified atom stereocenters. The van der Waals surface area contributed by atoms with Gasteiger partial charge in [0.05, 0.1) is 29.8 Å². The molecule has 1 fully saturated rings. The van der Waals surface area contributed by atoms with Gasteiger partial charge in [-0.3, -0.25) is 14.5 Å². The highest BCUT2D eigenvalue weighted by Crippen LogP contribution is 2.43. The number of methoxy groups -OCH3 is 1. The van der Waals surface area contributed by atoms with Crippen LogP contribution in [0.5, 0.6) is 11.5 Å². The van der Waals surface area contributed by atoms with E-state index >= 15 is 0 Å². The minimum absolute atomic E-state index is 0.00222. The fourth-order valence-corrected chi connectivity index (χ4v) is 4.78. The van der Waals surface area contributed by atoms with Crippen molar-refractivity contribution in [3.05, 3.63) is 87.9 Å². The van der Waals surface area contributed by atoms with Gasteiger partial charge in [-0.15, -0.1) is 0 Å². The van der Waals surface area contributed by atoms with Crippen LogP contribution in [-0.2, 0) is 9.59 Å². The van der Waals surface area contributed by atoms with E-state index in [1.54, 1.807) is 42.5 Å². The van der Waals surface area contributed by atoms with Crippen molar-refractivity contribution >= 4 is 44.8 Å². The van der Waals surface area contributed by atoms with Crippen molar-refractivity contribution in [1.82, 2.24) is 0 Å². The molecule has 0 aromatic heterocycles. The number of carbonyl (C=O) groups excluding carboxylic acids is 2. The first kappa shape index (κ1) is 25.3. The fraction of sp³-hybridized carbons (Fsp3) is 0.214. The Hall–Kier alpha value is -3.78. The van der Waals surface area contributed by atoms with Crippen molar-refractivity contribution in [2.45, 2.75) is 13.0 Å². The van der Waals surface area contributed by atoms with E-state index in [9.17, 15) is 14.7 Å². The van der Waals surface area contributed by atoms with Crippen LogP contribution in [0.4, 0.5) is 11.4 Å². The van der Waals surface area contributed by atoms with Crippen LogP contribution < -0.4 is 19.3 Å². The molecule has 36 heavy (non-hydrogen) atoms. The zero-order chi connectivity index (χ0) is 26.0. The van der Waals surface area contributed by atoms with Crippen molar-refractivity contribution in [3.8, 4) is 11.5 Å². The lowest BCUT2D eigenvalue weighted by molar-refractivity contribution is -0.132. The lowest BCUT2D eigenvalue weighted by atomic mass is 9.95. The van der Waals surface area contributed by atoms with Crippen molar-refractivity contribution in [2.24, 2.45) is 0 Å². The first-order valence-electron chi connectivity index (χ1n) is 11.4. The standard InChI is InChI=1S/C28H27BrN2O5/c1-5-36-21-8-6-7-17(15-21)25-24(26(32)18-9-14-23(35-4)22(29)16-18)27(33)28(34)31(25)20-12-10-19(11-13-20)30(2)3/h6-16,25,32H,5H2,1-4H3/b26-24+. The van der Waals surface area contributed by atoms with Crippen molar-refractivity contribution in [3.63, 3.8) is 0 Å². The van der Waals surface area contributed by atoms with E-state index in [-0.39, 0.29) is 11.3 Å². The number of halogens is 1. The minimum atomic E-state index is -0.850. The Morgan fingerprint density at radius 1 is 1.06 bits per heavy atom. The Kier molecular flexibility index (Phi) is 7.35. The van der Waals surface area contributed by atoms with Gasteiger partial charge in [0.1, 0.15) is 17.3 Å². The second-order valence-electron chi connectivity index (χ2n) is 8.43. The Labute approximate surface area is 218 Å². The van der Waals surface area contributed by atoms with Gasteiger partial charge < -0.3 is 19.5 Å². The minimum Gasteiger partial charge on any atom is -0.507 e. The van der Waals surface area contributed by atoms with Crippen LogP contribution in [0.15, 0.2) is 76.8 Å². The summed E-state index contributed by atoms with van der Waals surface area (Å²) in [5.74, 6) is -0.558. The summed E-state index contributed by atoms with van der Waals surface area (Å²) in [7, 11) is 5.39. The van der Waals surface area contributed by atoms with E-state index < -0.39 is 17.7 Å². The number of anilines is 2. The Bertz CT molecular complexity index is 1330. The van der Waals surface area contributed by atoms with Gasteiger partial charge in [-0.2, -0.15) is 0 Å². The highest BCUT2D eigenvalue weighted by Gasteiger charge is 2.47. The molecule has 0 bridgehead atoms. The topological polar surface area (TPSA) is 79.3 Å². The molecule has 1 N–H and O–H groups in total. The lowest BCUT2D eigenvalue weighted by Gasteiger charge is -2.26. The molecule has 1 aliphatic heterocycles. The first-order chi connectivity index (χ1) is 17.3. The molecule has 8 heteroatoms. The molecule has 3 aromatic carbocycles. The number of rotatable bonds is 7. The summed E-state index contributed by atoms with van der Waals surface area (Å²) in [6.07, 6.45) is 0. The molecule has 0 spiro atoms. The maximum Gasteiger partial charge on any atom is 0.300 e. The number of aliphatic hydroxyl groups excluding tert-OH is 1. The highest BCUT2D eigenvalue weighted by atomic mass is 79.9. The second-order valence-corrected chi connectivity index (χ2v) is 9.29. The summed E-state index contributed by atoms with van der Waals surface area (Å²) in [4.78, 5) is 30.2. The molecule has 1 heterocycles. The second kappa shape index (κ2) is 10.5. The molecule has 1 saturated heterocycles. The average Bonchev–Trinajstić information content (AvgIpc) is 3.14. The molecule has 3 aromatic rings. The van der Waals surface area contributed by atoms with Gasteiger partial charge >= 0.3 is 0 Å². The van der Waals surface area contributed by atoms with E-state index in [2.05, 4.69) is 15.9 Å². The van der Waals surface area contributed by atoms with Crippen molar-refractivity contribution in [2.75, 3.05) is 37.6 Å². The zero-order valence-corrected chi connectivity index (χ0v) is 22.1. The third kappa shape index (κ3) is 4.68. The van der Waals surface area contributed by atoms with Crippen LogP contribution >= 0.6 is 15.9 Å². The van der Waals surface area contributed by atoms with E-state index in [0.29, 0.717) is 39.4 Å². The number of amides is 1. The molecule has 0 saturated carbocycles. The quantitative estimate of drug-likeness (QED) is 0.236. The third-order valence-electron chi connectivity index (χ3n) is 6.00. The van der Waals surface area contributed by atoms with Gasteiger partial charge in [-0.25, -0.2) is 0 Å². The maximum atomic E-state index is 13.4. The van der Waals surface area contributed by atoms with Crippen LogP contribution in [0.3, 0.4) is 0 Å². The molecule has 7 nitrogen and oxygen atoms in total. The maximum absolute atomic E-state index is 13.4. The number of benzene rings is 3. The third-order valence-corrected chi connectivity index (χ3v) is 6.62. The van der Waals surface area contributed by atoms with E-state index in [4.69, 9.17) is 9.47 Å². The van der Waals surface area contributed by atoms with Crippen LogP contribution in [0.1, 0.15) is 24.1 Å². The summed E-state index contributed by atoms with van der Waals surface area (Å²) in [5, 5.41) is 11.4. The molecule has 0 radical (unpaired) electrons. The van der Waals surface area contributed by atoms with Gasteiger partial charge in [-0.05, 0) is 83.0 Å². The molecular formula is C28H27BrN2O5. The number of carbonyl (C=O) groups is 2. The zero-order valence-electron chi connectivity index (χ0n) is 20.5. The summed E-state index contributed by atoms with van der Waals surface area (Å²) >= 11 is 3.42. The largest absolute Gasteiger partial charge is 0.507 e. The number of Topliss-reactive ketones (excluding diaryl/α,β-unsaturated/α-hetero) is 1. The van der Waals surface area contributed by atoms with Gasteiger partial charge in [0.25, 0.3) is 11.7 Å². The van der Waals surface area contributed by atoms with Crippen LogP contribution in [0.2, 0.25) is 0 Å². The smallest absolute Gasteiger partial charge is 0.300 e. The van der Waals surface area contributed by atoms with Crippen LogP contribution in [0, 0.1) is 0 Å². The normalized spacial score (nSPS) is 16.8. The van der Waals surface area contributed by atoms with Gasteiger partial charge in [0, 0.05) is 31.0 Å². The molecule has 1 amide bonds. The van der Waals surface area contributed by atoms with E-state index in [1.807, 2.05) is 50.2 Å². The predicted molar refractivity (Wildman–Crippen MR) is 144 cm³/mol. The number of ether oxygens (including phenoxy) is 2. The SMILES string of the molecule is CCOc1cccc(C2/C(=C(\O)c3ccc(OC)c(Br)c3)C(=O)C(=O)N2c2ccc(N(C)C)cc2)c1. The van der Waals surface area contributed by atoms with Crippen LogP contribution in [-0.4, -0.2) is 44.6 Å². The number of hydrogen-bond donors (Lipinski definition) is 1. The molecule has 1 atom stereocenters. The molecule has 186 valence electrons. The summed E-state index contributed by atoms with van der Waals surface area (Å²) in [5.41, 5.74) is 2.53. The summed E-state index contributed by atoms with van der Waals surface area (Å²) in [6.45, 7) is 2.35. The monoisotopic (exact) mass is 550 g/mol. The lowest BCUT2D eigenvalue weighted by Crippen LogP contribution is -2.29. The Morgan fingerprint density at radius 3 is 2.39 bits per heavy atom. The van der Waals surface area contributed by atoms with Crippen molar-refractivity contribution < 1.29 is 24.2 Å². The van der Waals surface area contributed by atoms with Gasteiger partial charge in [-0.1, -0.05) is 12.1 Å². The molecular weight excluding hydrogens is 524 g/mol. The number of hydrogen-bond acceptors (Lipinski definition) is 6. The summed E-state index contributed by atoms with van der Waals surface area (Å²) < 4.78 is 11.6. The van der Waals surface area contributed by atoms with Crippen molar-refractivity contribution in [1.29, 1.82) is 0 Å². The van der Waals surface area contributed by atoms with E-state index in [0.717, 1.165) is 5.69 Å². The Morgan fingerprint density at radius 2 is 1.78 bits per heavy atom. The number of ketones is 1. The first-order valence-corrected chi connectivity index (χ1v) is 12.2. The molecule has 0 aliphatic carbocycles. The average molecular weight is 551 g/mol. The highest BCUT2D eigenvalue weighted by molar-refractivity contribution is 9.10. The van der Waals surface area contributed by atoms with Gasteiger partial charge in [0.2, 0.25) is 0 Å². The van der Waals surface area contributed by atoms with E-state index in [1.165, 1.54) is 12.0 Å². The van der Waals surface area contributed by atoms with Gasteiger partial charge in [0.15, 0.2) is 0 Å². The van der Waals surface area contributed by atoms with Crippen LogP contribution in [0.25, 0.3) is 5.76 Å². The molecule has 4 rings (SSSR count). The molecule has 1 aliphatic rings. The summed E-state index contributed by atoms with van der Waals surface area (Å²) in [6, 6.07) is 18.7. The number of aliphatic hydroxyl groups is 1. The Balaban J connectivity index is 1.91. The fourth-order valence-electron chi connectivity index (χ4n) is 4.24. The number of nitrogens with zero attached hydrogens (tertiary/aromatic N) is 2.